The second kappa shape index (κ2) is 7.26. The van der Waals surface area contributed by atoms with Crippen LogP contribution in [0, 0.1) is 11.6 Å². The first kappa shape index (κ1) is 20.1. The van der Waals surface area contributed by atoms with E-state index in [1.54, 1.807) is 11.0 Å². The average Bonchev–Trinajstić information content (AvgIpc) is 2.68. The molecule has 0 saturated carbocycles. The molecule has 2 aliphatic rings. The number of piperazine rings is 1. The zero-order valence-electron chi connectivity index (χ0n) is 15.5. The van der Waals surface area contributed by atoms with Crippen LogP contribution < -0.4 is 5.32 Å². The predicted octanol–water partition coefficient (Wildman–Crippen LogP) is 3.96. The summed E-state index contributed by atoms with van der Waals surface area (Å²) in [6.07, 6.45) is -4.56. The molecule has 10 heteroatoms. The zero-order valence-corrected chi connectivity index (χ0v) is 15.5. The van der Waals surface area contributed by atoms with Gasteiger partial charge in [0.2, 0.25) is 5.91 Å². The number of carbonyl (C=O) groups is 2. The van der Waals surface area contributed by atoms with Crippen molar-refractivity contribution in [1.82, 2.24) is 9.80 Å². The van der Waals surface area contributed by atoms with Gasteiger partial charge in [0.05, 0.1) is 17.3 Å². The number of nitrogens with one attached hydrogen (secondary N) is 1. The Hall–Kier alpha value is -3.17. The Morgan fingerprint density at radius 3 is 2.57 bits per heavy atom. The predicted molar refractivity (Wildman–Crippen MR) is 96.6 cm³/mol. The fourth-order valence-electron chi connectivity index (χ4n) is 3.93. The number of hydrogen-bond donors (Lipinski definition) is 1. The van der Waals surface area contributed by atoms with Crippen molar-refractivity contribution in [2.24, 2.45) is 0 Å². The lowest BCUT2D eigenvalue weighted by atomic mass is 9.90. The van der Waals surface area contributed by atoms with Crippen LogP contribution in [0.15, 0.2) is 36.4 Å². The molecule has 3 amide bonds. The van der Waals surface area contributed by atoms with Crippen molar-refractivity contribution in [1.29, 1.82) is 0 Å². The molecule has 1 saturated heterocycles. The SMILES string of the molecule is O=C(Nc1cccc(C(F)(F)F)c1F)N1CC(=O)N2CCc3c(F)cccc3C2C1. The highest BCUT2D eigenvalue weighted by Gasteiger charge is 2.40. The second-order valence-electron chi connectivity index (χ2n) is 7.14. The fourth-order valence-corrected chi connectivity index (χ4v) is 3.93. The molecule has 1 atom stereocenters. The average molecular weight is 425 g/mol. The molecular formula is C20H16F5N3O2. The van der Waals surface area contributed by atoms with Crippen LogP contribution in [0.1, 0.15) is 22.7 Å². The Kier molecular flexibility index (Phi) is 4.87. The first-order valence-electron chi connectivity index (χ1n) is 9.15. The molecule has 0 bridgehead atoms. The fraction of sp³-hybridized carbons (Fsp3) is 0.300. The largest absolute Gasteiger partial charge is 0.419 e. The number of alkyl halides is 3. The molecule has 30 heavy (non-hydrogen) atoms. The number of halogens is 5. The molecule has 2 aromatic rings. The number of anilines is 1. The van der Waals surface area contributed by atoms with E-state index >= 15 is 0 Å². The summed E-state index contributed by atoms with van der Waals surface area (Å²) >= 11 is 0. The molecule has 0 aromatic heterocycles. The number of amides is 3. The number of nitrogens with zero attached hydrogens (tertiary/aromatic N) is 2. The third kappa shape index (κ3) is 3.46. The standard InChI is InChI=1S/C20H16F5N3O2/c21-14-5-1-3-12-11(14)7-8-28-16(12)9-27(10-17(28)29)19(30)26-15-6-2-4-13(18(15)22)20(23,24)25/h1-6,16H,7-10H2,(H,26,30). The lowest BCUT2D eigenvalue weighted by Crippen LogP contribution is -2.56. The molecule has 2 heterocycles. The van der Waals surface area contributed by atoms with E-state index in [-0.39, 0.29) is 19.0 Å². The van der Waals surface area contributed by atoms with Gasteiger partial charge >= 0.3 is 12.2 Å². The summed E-state index contributed by atoms with van der Waals surface area (Å²) in [6, 6.07) is 5.57. The number of rotatable bonds is 1. The summed E-state index contributed by atoms with van der Waals surface area (Å²) in [4.78, 5) is 27.8. The van der Waals surface area contributed by atoms with E-state index in [1.807, 2.05) is 0 Å². The number of benzene rings is 2. The lowest BCUT2D eigenvalue weighted by Gasteiger charge is -2.44. The van der Waals surface area contributed by atoms with E-state index in [0.29, 0.717) is 30.2 Å². The van der Waals surface area contributed by atoms with Gasteiger partial charge in [0.1, 0.15) is 12.4 Å². The van der Waals surface area contributed by atoms with Crippen LogP contribution in [0.4, 0.5) is 32.4 Å². The lowest BCUT2D eigenvalue weighted by molar-refractivity contribution is -0.140. The van der Waals surface area contributed by atoms with Gasteiger partial charge in [-0.25, -0.2) is 13.6 Å². The maximum atomic E-state index is 14.2. The van der Waals surface area contributed by atoms with Crippen LogP contribution in [0.25, 0.3) is 0 Å². The van der Waals surface area contributed by atoms with Gasteiger partial charge in [0, 0.05) is 13.1 Å². The highest BCUT2D eigenvalue weighted by atomic mass is 19.4. The van der Waals surface area contributed by atoms with Crippen LogP contribution in [0.2, 0.25) is 0 Å². The molecular weight excluding hydrogens is 409 g/mol. The van der Waals surface area contributed by atoms with Crippen LogP contribution in [0.3, 0.4) is 0 Å². The number of hydrogen-bond acceptors (Lipinski definition) is 2. The van der Waals surface area contributed by atoms with Crippen LogP contribution in [-0.2, 0) is 17.4 Å². The number of urea groups is 1. The van der Waals surface area contributed by atoms with Gasteiger partial charge < -0.3 is 15.1 Å². The van der Waals surface area contributed by atoms with Crippen molar-refractivity contribution in [3.63, 3.8) is 0 Å². The Balaban J connectivity index is 1.58. The normalized spacial score (nSPS) is 18.7. The van der Waals surface area contributed by atoms with Crippen molar-refractivity contribution in [3.8, 4) is 0 Å². The number of fused-ring (bicyclic) bond motifs is 3. The highest BCUT2D eigenvalue weighted by Crippen LogP contribution is 2.36. The molecule has 2 aliphatic heterocycles. The van der Waals surface area contributed by atoms with Crippen LogP contribution in [0.5, 0.6) is 0 Å². The van der Waals surface area contributed by atoms with Gasteiger partial charge in [-0.15, -0.1) is 0 Å². The topological polar surface area (TPSA) is 52.7 Å². The first-order valence-corrected chi connectivity index (χ1v) is 9.15. The first-order chi connectivity index (χ1) is 14.2. The smallest absolute Gasteiger partial charge is 0.332 e. The minimum absolute atomic E-state index is 0.00854. The van der Waals surface area contributed by atoms with Gasteiger partial charge in [-0.2, -0.15) is 13.2 Å². The summed E-state index contributed by atoms with van der Waals surface area (Å²) in [7, 11) is 0. The maximum absolute atomic E-state index is 14.2. The van der Waals surface area contributed by atoms with Gasteiger partial charge in [-0.3, -0.25) is 4.79 Å². The molecule has 158 valence electrons. The Bertz CT molecular complexity index is 1020. The highest BCUT2D eigenvalue weighted by molar-refractivity contribution is 5.93. The summed E-state index contributed by atoms with van der Waals surface area (Å²) < 4.78 is 67.0. The van der Waals surface area contributed by atoms with Crippen LogP contribution in [-0.4, -0.2) is 41.4 Å². The Morgan fingerprint density at radius 1 is 1.10 bits per heavy atom. The quantitative estimate of drug-likeness (QED) is 0.704. The molecule has 1 N–H and O–H groups in total. The molecule has 0 spiro atoms. The minimum atomic E-state index is -4.91. The Morgan fingerprint density at radius 2 is 1.83 bits per heavy atom. The van der Waals surface area contributed by atoms with E-state index in [2.05, 4.69) is 5.32 Å². The molecule has 2 aromatic carbocycles. The maximum Gasteiger partial charge on any atom is 0.419 e. The summed E-state index contributed by atoms with van der Waals surface area (Å²) in [5.41, 5.74) is -1.09. The Labute approximate surface area is 168 Å². The van der Waals surface area contributed by atoms with Gasteiger partial charge in [-0.05, 0) is 35.7 Å². The summed E-state index contributed by atoms with van der Waals surface area (Å²) in [5, 5.41) is 2.11. The third-order valence-corrected chi connectivity index (χ3v) is 5.37. The van der Waals surface area contributed by atoms with Crippen molar-refractivity contribution < 1.29 is 31.5 Å². The van der Waals surface area contributed by atoms with Gasteiger partial charge in [0.25, 0.3) is 0 Å². The van der Waals surface area contributed by atoms with E-state index in [4.69, 9.17) is 0 Å². The monoisotopic (exact) mass is 425 g/mol. The minimum Gasteiger partial charge on any atom is -0.332 e. The van der Waals surface area contributed by atoms with Crippen LogP contribution >= 0.6 is 0 Å². The van der Waals surface area contributed by atoms with Crippen molar-refractivity contribution >= 4 is 17.6 Å². The molecule has 0 aliphatic carbocycles. The van der Waals surface area contributed by atoms with Gasteiger partial charge in [-0.1, -0.05) is 18.2 Å². The summed E-state index contributed by atoms with van der Waals surface area (Å²) in [6.45, 7) is -0.00266. The number of carbonyl (C=O) groups excluding carboxylic acids is 2. The molecule has 5 nitrogen and oxygen atoms in total. The van der Waals surface area contributed by atoms with E-state index < -0.39 is 41.1 Å². The van der Waals surface area contributed by atoms with Crippen molar-refractivity contribution in [3.05, 3.63) is 64.7 Å². The summed E-state index contributed by atoms with van der Waals surface area (Å²) in [5.74, 6) is -2.37. The second-order valence-corrected chi connectivity index (χ2v) is 7.14. The van der Waals surface area contributed by atoms with Crippen molar-refractivity contribution in [2.75, 3.05) is 25.0 Å². The van der Waals surface area contributed by atoms with E-state index in [1.165, 1.54) is 12.1 Å². The van der Waals surface area contributed by atoms with E-state index in [0.717, 1.165) is 17.0 Å². The molecule has 0 radical (unpaired) electrons. The molecule has 1 fully saturated rings. The van der Waals surface area contributed by atoms with Crippen molar-refractivity contribution in [2.45, 2.75) is 18.6 Å². The van der Waals surface area contributed by atoms with Gasteiger partial charge in [0.15, 0.2) is 5.82 Å². The zero-order chi connectivity index (χ0) is 21.6. The van der Waals surface area contributed by atoms with E-state index in [9.17, 15) is 31.5 Å². The molecule has 4 rings (SSSR count). The molecule has 1 unspecified atom stereocenters. The third-order valence-electron chi connectivity index (χ3n) is 5.37.